The van der Waals surface area contributed by atoms with E-state index in [-0.39, 0.29) is 29.5 Å². The molecule has 36 heavy (non-hydrogen) atoms. The van der Waals surface area contributed by atoms with Crippen molar-refractivity contribution in [1.82, 2.24) is 14.7 Å². The number of carbonyl (C=O) groups is 2. The van der Waals surface area contributed by atoms with Crippen LogP contribution in [0.25, 0.3) is 0 Å². The van der Waals surface area contributed by atoms with Gasteiger partial charge in [0.2, 0.25) is 11.8 Å². The van der Waals surface area contributed by atoms with Crippen LogP contribution in [-0.2, 0) is 16.0 Å². The number of likely N-dealkylation sites (tertiary alicyclic amines) is 1. The molecule has 0 saturated carbocycles. The normalized spacial score (nSPS) is 18.2. The van der Waals surface area contributed by atoms with Gasteiger partial charge in [0.25, 0.3) is 0 Å². The highest BCUT2D eigenvalue weighted by Gasteiger charge is 2.40. The quantitative estimate of drug-likeness (QED) is 0.527. The minimum atomic E-state index is -0.356. The Hall–Kier alpha value is -2.64. The highest BCUT2D eigenvalue weighted by molar-refractivity contribution is 6.30. The first-order chi connectivity index (χ1) is 17.3. The van der Waals surface area contributed by atoms with Gasteiger partial charge in [0.15, 0.2) is 0 Å². The Kier molecular flexibility index (Phi) is 8.86. The SMILES string of the molecule is CN1CCN(C(=O)CC2(COc3cccc(Cl)c3)CCN(C(=O)CCc3ccccc3F)CC2)CC1. The van der Waals surface area contributed by atoms with Gasteiger partial charge in [-0.3, -0.25) is 9.59 Å². The molecule has 194 valence electrons. The molecule has 6 nitrogen and oxygen atoms in total. The van der Waals surface area contributed by atoms with Crippen LogP contribution < -0.4 is 4.74 Å². The van der Waals surface area contributed by atoms with Crippen LogP contribution in [0.2, 0.25) is 5.02 Å². The monoisotopic (exact) mass is 515 g/mol. The molecule has 0 atom stereocenters. The number of piperazine rings is 1. The smallest absolute Gasteiger partial charge is 0.223 e. The standard InChI is InChI=1S/C28H35ClFN3O3/c1-31-15-17-33(18-16-31)27(35)20-28(21-36-24-7-4-6-23(29)19-24)11-13-32(14-12-28)26(34)10-9-22-5-2-3-8-25(22)30/h2-8,19H,9-18,20-21H2,1H3. The van der Waals surface area contributed by atoms with E-state index in [0.717, 1.165) is 26.2 Å². The first-order valence-electron chi connectivity index (χ1n) is 12.7. The number of ether oxygens (including phenoxy) is 1. The van der Waals surface area contributed by atoms with E-state index in [4.69, 9.17) is 16.3 Å². The lowest BCUT2D eigenvalue weighted by Crippen LogP contribution is -2.51. The van der Waals surface area contributed by atoms with E-state index in [0.29, 0.717) is 61.7 Å². The summed E-state index contributed by atoms with van der Waals surface area (Å²) in [6.07, 6.45) is 2.41. The maximum atomic E-state index is 13.9. The second kappa shape index (κ2) is 12.1. The molecule has 2 aromatic carbocycles. The Balaban J connectivity index is 1.38. The van der Waals surface area contributed by atoms with E-state index < -0.39 is 0 Å². The maximum Gasteiger partial charge on any atom is 0.223 e. The van der Waals surface area contributed by atoms with Gasteiger partial charge in [-0.25, -0.2) is 4.39 Å². The lowest BCUT2D eigenvalue weighted by molar-refractivity contribution is -0.139. The Morgan fingerprint density at radius 1 is 0.944 bits per heavy atom. The molecule has 0 unspecified atom stereocenters. The number of halogens is 2. The van der Waals surface area contributed by atoms with Gasteiger partial charge in [-0.05, 0) is 56.1 Å². The van der Waals surface area contributed by atoms with Crippen molar-refractivity contribution in [2.45, 2.75) is 32.1 Å². The summed E-state index contributed by atoms with van der Waals surface area (Å²) in [6, 6.07) is 13.9. The minimum Gasteiger partial charge on any atom is -0.493 e. The maximum absolute atomic E-state index is 13.9. The average Bonchev–Trinajstić information content (AvgIpc) is 2.88. The second-order valence-electron chi connectivity index (χ2n) is 10.1. The first kappa shape index (κ1) is 26.4. The van der Waals surface area contributed by atoms with Gasteiger partial charge < -0.3 is 19.4 Å². The third-order valence-corrected chi connectivity index (χ3v) is 7.70. The average molecular weight is 516 g/mol. The van der Waals surface area contributed by atoms with Gasteiger partial charge in [0.05, 0.1) is 6.61 Å². The number of amides is 2. The molecule has 0 bridgehead atoms. The number of likely N-dealkylation sites (N-methyl/N-ethyl adjacent to an activating group) is 1. The van der Waals surface area contributed by atoms with E-state index in [1.54, 1.807) is 30.3 Å². The molecule has 2 amide bonds. The molecule has 2 saturated heterocycles. The van der Waals surface area contributed by atoms with E-state index >= 15 is 0 Å². The predicted molar refractivity (Wildman–Crippen MR) is 139 cm³/mol. The molecule has 0 radical (unpaired) electrons. The third kappa shape index (κ3) is 6.98. The Bertz CT molecular complexity index is 1050. The van der Waals surface area contributed by atoms with Crippen LogP contribution in [0.4, 0.5) is 4.39 Å². The molecule has 0 aromatic heterocycles. The molecule has 4 rings (SSSR count). The van der Waals surface area contributed by atoms with Gasteiger partial charge >= 0.3 is 0 Å². The van der Waals surface area contributed by atoms with Crippen molar-refractivity contribution in [1.29, 1.82) is 0 Å². The lowest BCUT2D eigenvalue weighted by Gasteiger charge is -2.43. The summed E-state index contributed by atoms with van der Waals surface area (Å²) >= 11 is 6.12. The van der Waals surface area contributed by atoms with Crippen molar-refractivity contribution < 1.29 is 18.7 Å². The molecule has 8 heteroatoms. The molecule has 2 aromatic rings. The van der Waals surface area contributed by atoms with Crippen molar-refractivity contribution >= 4 is 23.4 Å². The first-order valence-corrected chi connectivity index (χ1v) is 13.1. The fourth-order valence-electron chi connectivity index (χ4n) is 4.99. The number of benzene rings is 2. The highest BCUT2D eigenvalue weighted by Crippen LogP contribution is 2.37. The Labute approximate surface area is 218 Å². The fraction of sp³-hybridized carbons (Fsp3) is 0.500. The zero-order valence-corrected chi connectivity index (χ0v) is 21.7. The largest absolute Gasteiger partial charge is 0.493 e. The van der Waals surface area contributed by atoms with Crippen molar-refractivity contribution in [2.24, 2.45) is 5.41 Å². The summed E-state index contributed by atoms with van der Waals surface area (Å²) in [5, 5.41) is 0.602. The van der Waals surface area contributed by atoms with Gasteiger partial charge in [-0.1, -0.05) is 35.9 Å². The van der Waals surface area contributed by atoms with Crippen LogP contribution >= 0.6 is 11.6 Å². The number of hydrogen-bond acceptors (Lipinski definition) is 4. The summed E-state index contributed by atoms with van der Waals surface area (Å²) in [5.41, 5.74) is 0.204. The highest BCUT2D eigenvalue weighted by atomic mass is 35.5. The zero-order chi connectivity index (χ0) is 25.5. The van der Waals surface area contributed by atoms with E-state index in [9.17, 15) is 14.0 Å². The molecule has 0 spiro atoms. The van der Waals surface area contributed by atoms with E-state index in [1.165, 1.54) is 6.07 Å². The fourth-order valence-corrected chi connectivity index (χ4v) is 5.17. The van der Waals surface area contributed by atoms with Crippen LogP contribution in [-0.4, -0.2) is 79.4 Å². The summed E-state index contributed by atoms with van der Waals surface area (Å²) < 4.78 is 20.1. The van der Waals surface area contributed by atoms with Crippen LogP contribution in [0.5, 0.6) is 5.75 Å². The summed E-state index contributed by atoms with van der Waals surface area (Å²) in [7, 11) is 2.07. The van der Waals surface area contributed by atoms with Crippen molar-refractivity contribution in [3.8, 4) is 5.75 Å². The van der Waals surface area contributed by atoms with Crippen LogP contribution in [0.3, 0.4) is 0 Å². The van der Waals surface area contributed by atoms with Gasteiger partial charge in [-0.2, -0.15) is 0 Å². The number of hydrogen-bond donors (Lipinski definition) is 0. The van der Waals surface area contributed by atoms with Gasteiger partial charge in [-0.15, -0.1) is 0 Å². The molecule has 2 fully saturated rings. The molecule has 2 aliphatic heterocycles. The van der Waals surface area contributed by atoms with Crippen molar-refractivity contribution in [2.75, 3.05) is 52.9 Å². The Morgan fingerprint density at radius 2 is 1.64 bits per heavy atom. The van der Waals surface area contributed by atoms with Crippen LogP contribution in [0.1, 0.15) is 31.2 Å². The van der Waals surface area contributed by atoms with E-state index in [2.05, 4.69) is 11.9 Å². The molecule has 2 aliphatic rings. The predicted octanol–water partition coefficient (Wildman–Crippen LogP) is 4.26. The number of piperidine rings is 1. The molecular formula is C28H35ClFN3O3. The molecular weight excluding hydrogens is 481 g/mol. The zero-order valence-electron chi connectivity index (χ0n) is 20.9. The number of carbonyl (C=O) groups excluding carboxylic acids is 2. The van der Waals surface area contributed by atoms with Crippen LogP contribution in [0.15, 0.2) is 48.5 Å². The van der Waals surface area contributed by atoms with Crippen molar-refractivity contribution in [3.05, 3.63) is 64.9 Å². The van der Waals surface area contributed by atoms with Gasteiger partial charge in [0, 0.05) is 62.5 Å². The minimum absolute atomic E-state index is 0.0213. The molecule has 2 heterocycles. The molecule has 0 N–H and O–H groups in total. The Morgan fingerprint density at radius 3 is 2.33 bits per heavy atom. The van der Waals surface area contributed by atoms with Crippen molar-refractivity contribution in [3.63, 3.8) is 0 Å². The topological polar surface area (TPSA) is 53.1 Å². The number of rotatable bonds is 8. The van der Waals surface area contributed by atoms with Gasteiger partial charge in [0.1, 0.15) is 11.6 Å². The third-order valence-electron chi connectivity index (χ3n) is 7.47. The second-order valence-corrected chi connectivity index (χ2v) is 10.5. The number of aryl methyl sites for hydroxylation is 1. The summed E-state index contributed by atoms with van der Waals surface area (Å²) in [4.78, 5) is 32.2. The molecule has 0 aliphatic carbocycles. The number of nitrogens with zero attached hydrogens (tertiary/aromatic N) is 3. The van der Waals surface area contributed by atoms with E-state index in [1.807, 2.05) is 21.9 Å². The summed E-state index contributed by atoms with van der Waals surface area (Å²) in [5.74, 6) is 0.575. The van der Waals surface area contributed by atoms with Crippen LogP contribution in [0, 0.1) is 11.2 Å². The lowest BCUT2D eigenvalue weighted by atomic mass is 9.75. The summed E-state index contributed by atoms with van der Waals surface area (Å²) in [6.45, 7) is 4.74.